The van der Waals surface area contributed by atoms with Gasteiger partial charge in [0, 0.05) is 38.6 Å². The van der Waals surface area contributed by atoms with Crippen LogP contribution in [0, 0.1) is 5.41 Å². The van der Waals surface area contributed by atoms with E-state index in [-0.39, 0.29) is 11.3 Å². The Kier molecular flexibility index (Phi) is 7.46. The topological polar surface area (TPSA) is 25.8 Å². The lowest BCUT2D eigenvalue weighted by Gasteiger charge is -2.39. The summed E-state index contributed by atoms with van der Waals surface area (Å²) in [5.74, 6) is 0.261. The summed E-state index contributed by atoms with van der Waals surface area (Å²) in [6.45, 7) is 2.38. The number of rotatable bonds is 4. The van der Waals surface area contributed by atoms with Crippen LogP contribution < -0.4 is 0 Å². The second-order valence-electron chi connectivity index (χ2n) is 16.3. The number of allylic oxidation sites excluding steroid dienone is 5. The van der Waals surface area contributed by atoms with Crippen LogP contribution >= 0.6 is 0 Å². The highest BCUT2D eigenvalue weighted by molar-refractivity contribution is 6.18. The van der Waals surface area contributed by atoms with E-state index in [4.69, 9.17) is 9.97 Å². The van der Waals surface area contributed by atoms with Crippen LogP contribution in [0.25, 0.3) is 93.3 Å². The van der Waals surface area contributed by atoms with Crippen LogP contribution in [-0.2, 0) is 0 Å². The van der Waals surface area contributed by atoms with Crippen molar-refractivity contribution < 1.29 is 0 Å². The van der Waals surface area contributed by atoms with Gasteiger partial charge in [-0.2, -0.15) is 0 Å². The SMILES string of the molecule is CC12C=CC=CC1c1ccccc1C(c1cc(-c3cc4ccccc4c4ccccc34)nc3c1cc(-c1ccc(-c4ccc5ccccc5n4)cc1)c1ccccc13)=C2. The highest BCUT2D eigenvalue weighted by Gasteiger charge is 2.37. The van der Waals surface area contributed by atoms with Gasteiger partial charge in [-0.25, -0.2) is 9.97 Å². The Labute approximate surface area is 343 Å². The van der Waals surface area contributed by atoms with Crippen molar-refractivity contribution in [1.29, 1.82) is 0 Å². The molecule has 2 aromatic heterocycles. The summed E-state index contributed by atoms with van der Waals surface area (Å²) in [6.07, 6.45) is 11.7. The molecule has 0 radical (unpaired) electrons. The highest BCUT2D eigenvalue weighted by Crippen LogP contribution is 2.52. The van der Waals surface area contributed by atoms with Crippen molar-refractivity contribution in [3.05, 3.63) is 223 Å². The molecule has 0 amide bonds. The fourth-order valence-corrected chi connectivity index (χ4v) is 9.92. The molecule has 10 aromatic rings. The fraction of sp³-hybridized carbons (Fsp3) is 0.0526. The molecule has 2 aliphatic rings. The molecular formula is C57H38N2. The Morgan fingerprint density at radius 1 is 0.441 bits per heavy atom. The minimum absolute atomic E-state index is 0.184. The molecule has 0 aliphatic heterocycles. The third-order valence-corrected chi connectivity index (χ3v) is 12.8. The zero-order valence-electron chi connectivity index (χ0n) is 32.6. The summed E-state index contributed by atoms with van der Waals surface area (Å²) in [5.41, 5.74) is 13.4. The van der Waals surface area contributed by atoms with Crippen molar-refractivity contribution in [1.82, 2.24) is 9.97 Å². The van der Waals surface area contributed by atoms with Gasteiger partial charge in [0.15, 0.2) is 0 Å². The maximum atomic E-state index is 5.69. The Hall–Kier alpha value is -7.42. The molecule has 12 rings (SSSR count). The molecule has 0 saturated carbocycles. The summed E-state index contributed by atoms with van der Waals surface area (Å²) in [4.78, 5) is 10.7. The van der Waals surface area contributed by atoms with Crippen molar-refractivity contribution in [2.45, 2.75) is 12.8 Å². The van der Waals surface area contributed by atoms with Crippen molar-refractivity contribution in [3.8, 4) is 33.6 Å². The Morgan fingerprint density at radius 2 is 1.12 bits per heavy atom. The number of nitrogens with zero attached hydrogens (tertiary/aromatic N) is 2. The van der Waals surface area contributed by atoms with Gasteiger partial charge in [0.1, 0.15) is 0 Å². The molecule has 276 valence electrons. The monoisotopic (exact) mass is 750 g/mol. The minimum atomic E-state index is -0.184. The van der Waals surface area contributed by atoms with Crippen molar-refractivity contribution in [2.75, 3.05) is 0 Å². The second kappa shape index (κ2) is 13.1. The maximum Gasteiger partial charge on any atom is 0.0794 e. The number of pyridine rings is 2. The summed E-state index contributed by atoms with van der Waals surface area (Å²) < 4.78 is 0. The van der Waals surface area contributed by atoms with Gasteiger partial charge in [-0.15, -0.1) is 0 Å². The molecule has 0 spiro atoms. The average molecular weight is 751 g/mol. The molecule has 2 atom stereocenters. The number of hydrogen-bond acceptors (Lipinski definition) is 2. The van der Waals surface area contributed by atoms with Gasteiger partial charge in [0.2, 0.25) is 0 Å². The lowest BCUT2D eigenvalue weighted by Crippen LogP contribution is -2.26. The first kappa shape index (κ1) is 33.7. The zero-order valence-corrected chi connectivity index (χ0v) is 32.6. The van der Waals surface area contributed by atoms with Crippen LogP contribution in [0.5, 0.6) is 0 Å². The fourth-order valence-electron chi connectivity index (χ4n) is 9.92. The predicted octanol–water partition coefficient (Wildman–Crippen LogP) is 14.9. The number of benzene rings is 8. The smallest absolute Gasteiger partial charge is 0.0794 e. The number of aromatic nitrogens is 2. The summed E-state index contributed by atoms with van der Waals surface area (Å²) in [6, 6.07) is 63.9. The van der Waals surface area contributed by atoms with Gasteiger partial charge in [-0.3, -0.25) is 0 Å². The molecule has 2 heterocycles. The largest absolute Gasteiger partial charge is 0.248 e. The Balaban J connectivity index is 1.14. The van der Waals surface area contributed by atoms with Crippen LogP contribution in [0.3, 0.4) is 0 Å². The lowest BCUT2D eigenvalue weighted by atomic mass is 9.64. The van der Waals surface area contributed by atoms with Gasteiger partial charge in [0.05, 0.1) is 22.4 Å². The van der Waals surface area contributed by atoms with Crippen LogP contribution in [0.2, 0.25) is 0 Å². The van der Waals surface area contributed by atoms with Gasteiger partial charge in [-0.05, 0) is 90.7 Å². The molecule has 2 unspecified atom stereocenters. The van der Waals surface area contributed by atoms with E-state index in [2.05, 4.69) is 207 Å². The number of para-hydroxylation sites is 1. The van der Waals surface area contributed by atoms with E-state index in [1.165, 1.54) is 54.8 Å². The van der Waals surface area contributed by atoms with E-state index in [1.807, 2.05) is 6.07 Å². The minimum Gasteiger partial charge on any atom is -0.248 e. The third-order valence-electron chi connectivity index (χ3n) is 12.8. The number of fused-ring (bicyclic) bond motifs is 10. The molecule has 59 heavy (non-hydrogen) atoms. The molecular weight excluding hydrogens is 713 g/mol. The third kappa shape index (κ3) is 5.34. The van der Waals surface area contributed by atoms with Crippen LogP contribution in [0.4, 0.5) is 0 Å². The second-order valence-corrected chi connectivity index (χ2v) is 16.3. The van der Waals surface area contributed by atoms with E-state index in [0.717, 1.165) is 55.3 Å². The zero-order chi connectivity index (χ0) is 39.1. The first-order valence-electron chi connectivity index (χ1n) is 20.5. The van der Waals surface area contributed by atoms with Crippen LogP contribution in [-0.4, -0.2) is 9.97 Å². The predicted molar refractivity (Wildman–Crippen MR) is 249 cm³/mol. The maximum absolute atomic E-state index is 5.69. The highest BCUT2D eigenvalue weighted by atomic mass is 14.7. The van der Waals surface area contributed by atoms with E-state index >= 15 is 0 Å². The molecule has 0 fully saturated rings. The summed E-state index contributed by atoms with van der Waals surface area (Å²) in [7, 11) is 0. The number of hydrogen-bond donors (Lipinski definition) is 0. The van der Waals surface area contributed by atoms with E-state index in [1.54, 1.807) is 0 Å². The molecule has 0 bridgehead atoms. The van der Waals surface area contributed by atoms with Gasteiger partial charge in [0.25, 0.3) is 0 Å². The first-order valence-corrected chi connectivity index (χ1v) is 20.5. The summed E-state index contributed by atoms with van der Waals surface area (Å²) in [5, 5.41) is 9.52. The van der Waals surface area contributed by atoms with Gasteiger partial charge >= 0.3 is 0 Å². The van der Waals surface area contributed by atoms with Gasteiger partial charge in [-0.1, -0.05) is 183 Å². The van der Waals surface area contributed by atoms with Crippen LogP contribution in [0.15, 0.2) is 206 Å². The Bertz CT molecular complexity index is 3460. The summed E-state index contributed by atoms with van der Waals surface area (Å²) >= 11 is 0. The van der Waals surface area contributed by atoms with E-state index in [9.17, 15) is 0 Å². The van der Waals surface area contributed by atoms with Crippen LogP contribution in [0.1, 0.15) is 29.5 Å². The quantitative estimate of drug-likeness (QED) is 0.167. The molecule has 8 aromatic carbocycles. The van der Waals surface area contributed by atoms with Crippen molar-refractivity contribution in [3.63, 3.8) is 0 Å². The Morgan fingerprint density at radius 3 is 1.97 bits per heavy atom. The van der Waals surface area contributed by atoms with E-state index in [0.29, 0.717) is 0 Å². The molecule has 0 saturated heterocycles. The normalized spacial score (nSPS) is 17.1. The average Bonchev–Trinajstić information content (AvgIpc) is 3.30. The molecule has 2 heteroatoms. The molecule has 0 N–H and O–H groups in total. The standard InChI is InChI=1S/C57H38N2/c1-57-31-13-12-23-52(57)45-21-9-7-19-43(45)51(35-57)48-34-55(49-32-39-15-2-4-16-40(39)41-17-5-6-18-42(41)49)59-56-46-22-10-8-20-44(46)47(33-50(48)56)36-25-27-38(28-26-36)54-30-29-37-14-3-11-24-53(37)58-54/h2-35,52H,1H3. The first-order chi connectivity index (χ1) is 29.1. The molecule has 2 aliphatic carbocycles. The van der Waals surface area contributed by atoms with Crippen molar-refractivity contribution in [2.24, 2.45) is 5.41 Å². The van der Waals surface area contributed by atoms with Gasteiger partial charge < -0.3 is 0 Å². The van der Waals surface area contributed by atoms with Crippen molar-refractivity contribution >= 4 is 59.7 Å². The van der Waals surface area contributed by atoms with E-state index < -0.39 is 0 Å². The molecule has 2 nitrogen and oxygen atoms in total. The lowest BCUT2D eigenvalue weighted by molar-refractivity contribution is 0.478.